The highest BCUT2D eigenvalue weighted by Gasteiger charge is 2.14. The summed E-state index contributed by atoms with van der Waals surface area (Å²) in [6.07, 6.45) is 3.32. The molecular formula is C22H23N3O2. The Bertz CT molecular complexity index is 899. The normalized spacial score (nSPS) is 14.1. The zero-order valence-electron chi connectivity index (χ0n) is 15.2. The van der Waals surface area contributed by atoms with Gasteiger partial charge >= 0.3 is 0 Å². The second-order valence-electron chi connectivity index (χ2n) is 6.64. The number of nitrogens with one attached hydrogen (secondary N) is 2. The number of amides is 1. The maximum atomic E-state index is 12.7. The Morgan fingerprint density at radius 2 is 1.89 bits per heavy atom. The van der Waals surface area contributed by atoms with E-state index in [1.807, 2.05) is 36.4 Å². The summed E-state index contributed by atoms with van der Waals surface area (Å²) in [4.78, 5) is 15.0. The fourth-order valence-corrected chi connectivity index (χ4v) is 3.42. The molecule has 0 atom stereocenters. The molecule has 5 nitrogen and oxygen atoms in total. The first-order valence-corrected chi connectivity index (χ1v) is 9.26. The molecule has 0 unspecified atom stereocenters. The van der Waals surface area contributed by atoms with Gasteiger partial charge in [0.15, 0.2) is 0 Å². The molecule has 0 saturated carbocycles. The molecular weight excluding hydrogens is 338 g/mol. The van der Waals surface area contributed by atoms with Crippen molar-refractivity contribution < 1.29 is 9.21 Å². The predicted octanol–water partition coefficient (Wildman–Crippen LogP) is 3.29. The van der Waals surface area contributed by atoms with Crippen LogP contribution in [0.5, 0.6) is 0 Å². The molecule has 3 aromatic rings. The average molecular weight is 361 g/mol. The SMILES string of the molecule is O=C(NCc1ccccc1N1CCNCC1)c1cccc(-c2ccoc2)c1. The van der Waals surface area contributed by atoms with E-state index < -0.39 is 0 Å². The van der Waals surface area contributed by atoms with E-state index in [1.165, 1.54) is 5.69 Å². The standard InChI is InChI=1S/C22H23N3O2/c26-22(18-6-3-5-17(14-18)20-8-13-27-16-20)24-15-19-4-1-2-7-21(19)25-11-9-23-10-12-25/h1-8,13-14,16,23H,9-12,15H2,(H,24,26). The maximum Gasteiger partial charge on any atom is 0.251 e. The summed E-state index contributed by atoms with van der Waals surface area (Å²) in [5.41, 5.74) is 4.92. The number of piperazine rings is 1. The van der Waals surface area contributed by atoms with Crippen molar-refractivity contribution in [2.75, 3.05) is 31.1 Å². The molecule has 5 heteroatoms. The number of hydrogen-bond donors (Lipinski definition) is 2. The molecule has 138 valence electrons. The van der Waals surface area contributed by atoms with Crippen LogP contribution in [0.2, 0.25) is 0 Å². The van der Waals surface area contributed by atoms with Crippen molar-refractivity contribution in [2.45, 2.75) is 6.54 Å². The van der Waals surface area contributed by atoms with Crippen LogP contribution < -0.4 is 15.5 Å². The largest absolute Gasteiger partial charge is 0.472 e. The molecule has 0 spiro atoms. The summed E-state index contributed by atoms with van der Waals surface area (Å²) in [5, 5.41) is 6.44. The summed E-state index contributed by atoms with van der Waals surface area (Å²) < 4.78 is 5.14. The van der Waals surface area contributed by atoms with Crippen LogP contribution in [-0.4, -0.2) is 32.1 Å². The van der Waals surface area contributed by atoms with E-state index in [1.54, 1.807) is 12.5 Å². The van der Waals surface area contributed by atoms with E-state index in [2.05, 4.69) is 33.7 Å². The van der Waals surface area contributed by atoms with Crippen molar-refractivity contribution in [1.29, 1.82) is 0 Å². The Balaban J connectivity index is 1.46. The lowest BCUT2D eigenvalue weighted by molar-refractivity contribution is 0.0951. The summed E-state index contributed by atoms with van der Waals surface area (Å²) in [7, 11) is 0. The lowest BCUT2D eigenvalue weighted by Crippen LogP contribution is -2.44. The average Bonchev–Trinajstić information content (AvgIpc) is 3.28. The fraction of sp³-hybridized carbons (Fsp3) is 0.227. The Morgan fingerprint density at radius 1 is 1.04 bits per heavy atom. The predicted molar refractivity (Wildman–Crippen MR) is 107 cm³/mol. The van der Waals surface area contributed by atoms with Gasteiger partial charge < -0.3 is 20.0 Å². The third-order valence-electron chi connectivity index (χ3n) is 4.87. The summed E-state index contributed by atoms with van der Waals surface area (Å²) in [5.74, 6) is -0.0736. The van der Waals surface area contributed by atoms with Gasteiger partial charge in [-0.05, 0) is 35.4 Å². The van der Waals surface area contributed by atoms with E-state index in [0.29, 0.717) is 12.1 Å². The summed E-state index contributed by atoms with van der Waals surface area (Å²) in [6, 6.07) is 17.8. The zero-order valence-corrected chi connectivity index (χ0v) is 15.2. The number of furan rings is 1. The van der Waals surface area contributed by atoms with Gasteiger partial charge in [-0.3, -0.25) is 4.79 Å². The highest BCUT2D eigenvalue weighted by molar-refractivity contribution is 5.95. The third-order valence-corrected chi connectivity index (χ3v) is 4.87. The van der Waals surface area contributed by atoms with Gasteiger partial charge in [0, 0.05) is 49.5 Å². The Hall–Kier alpha value is -3.05. The first-order valence-electron chi connectivity index (χ1n) is 9.26. The van der Waals surface area contributed by atoms with Crippen molar-refractivity contribution in [1.82, 2.24) is 10.6 Å². The van der Waals surface area contributed by atoms with Crippen LogP contribution in [0, 0.1) is 0 Å². The number of nitrogens with zero attached hydrogens (tertiary/aromatic N) is 1. The van der Waals surface area contributed by atoms with Gasteiger partial charge in [-0.15, -0.1) is 0 Å². The highest BCUT2D eigenvalue weighted by atomic mass is 16.3. The van der Waals surface area contributed by atoms with E-state index in [4.69, 9.17) is 4.42 Å². The molecule has 2 aromatic carbocycles. The molecule has 27 heavy (non-hydrogen) atoms. The van der Waals surface area contributed by atoms with Crippen LogP contribution in [0.4, 0.5) is 5.69 Å². The van der Waals surface area contributed by atoms with Crippen molar-refractivity contribution in [3.05, 3.63) is 78.3 Å². The molecule has 0 aliphatic carbocycles. The van der Waals surface area contributed by atoms with Crippen LogP contribution in [-0.2, 0) is 6.54 Å². The molecule has 2 heterocycles. The van der Waals surface area contributed by atoms with Crippen LogP contribution in [0.1, 0.15) is 15.9 Å². The second-order valence-corrected chi connectivity index (χ2v) is 6.64. The zero-order chi connectivity index (χ0) is 18.5. The number of benzene rings is 2. The first kappa shape index (κ1) is 17.4. The lowest BCUT2D eigenvalue weighted by atomic mass is 10.1. The molecule has 1 aromatic heterocycles. The van der Waals surface area contributed by atoms with Gasteiger partial charge in [-0.2, -0.15) is 0 Å². The Morgan fingerprint density at radius 3 is 2.70 bits per heavy atom. The first-order chi connectivity index (χ1) is 13.3. The lowest BCUT2D eigenvalue weighted by Gasteiger charge is -2.31. The number of hydrogen-bond acceptors (Lipinski definition) is 4. The van der Waals surface area contributed by atoms with Crippen molar-refractivity contribution in [3.63, 3.8) is 0 Å². The number of para-hydroxylation sites is 1. The van der Waals surface area contributed by atoms with Crippen LogP contribution in [0.3, 0.4) is 0 Å². The fourth-order valence-electron chi connectivity index (χ4n) is 3.42. The number of rotatable bonds is 5. The van der Waals surface area contributed by atoms with Gasteiger partial charge in [0.25, 0.3) is 5.91 Å². The van der Waals surface area contributed by atoms with E-state index in [9.17, 15) is 4.79 Å². The van der Waals surface area contributed by atoms with Gasteiger partial charge in [0.05, 0.1) is 12.5 Å². The molecule has 1 amide bonds. The Labute approximate surface area is 159 Å². The van der Waals surface area contributed by atoms with Gasteiger partial charge in [0.1, 0.15) is 0 Å². The van der Waals surface area contributed by atoms with Gasteiger partial charge in [-0.25, -0.2) is 0 Å². The van der Waals surface area contributed by atoms with E-state index in [-0.39, 0.29) is 5.91 Å². The van der Waals surface area contributed by atoms with Crippen molar-refractivity contribution in [3.8, 4) is 11.1 Å². The smallest absolute Gasteiger partial charge is 0.251 e. The number of anilines is 1. The minimum Gasteiger partial charge on any atom is -0.472 e. The monoisotopic (exact) mass is 361 g/mol. The topological polar surface area (TPSA) is 57.5 Å². The molecule has 0 radical (unpaired) electrons. The second kappa shape index (κ2) is 8.10. The molecule has 1 fully saturated rings. The van der Waals surface area contributed by atoms with Crippen LogP contribution in [0.25, 0.3) is 11.1 Å². The summed E-state index contributed by atoms with van der Waals surface area (Å²) >= 11 is 0. The molecule has 2 N–H and O–H groups in total. The van der Waals surface area contributed by atoms with Gasteiger partial charge in [-0.1, -0.05) is 30.3 Å². The van der Waals surface area contributed by atoms with Crippen molar-refractivity contribution >= 4 is 11.6 Å². The quantitative estimate of drug-likeness (QED) is 0.732. The summed E-state index contributed by atoms with van der Waals surface area (Å²) in [6.45, 7) is 4.45. The molecule has 1 aliphatic rings. The van der Waals surface area contributed by atoms with Crippen LogP contribution >= 0.6 is 0 Å². The minimum atomic E-state index is -0.0736. The Kier molecular flexibility index (Phi) is 5.21. The number of carbonyl (C=O) groups excluding carboxylic acids is 1. The maximum absolute atomic E-state index is 12.7. The van der Waals surface area contributed by atoms with E-state index in [0.717, 1.165) is 42.9 Å². The van der Waals surface area contributed by atoms with Gasteiger partial charge in [0.2, 0.25) is 0 Å². The highest BCUT2D eigenvalue weighted by Crippen LogP contribution is 2.22. The number of carbonyl (C=O) groups is 1. The van der Waals surface area contributed by atoms with Crippen LogP contribution in [0.15, 0.2) is 71.5 Å². The third kappa shape index (κ3) is 4.04. The minimum absolute atomic E-state index is 0.0736. The molecule has 4 rings (SSSR count). The molecule has 1 aliphatic heterocycles. The molecule has 1 saturated heterocycles. The van der Waals surface area contributed by atoms with E-state index >= 15 is 0 Å². The van der Waals surface area contributed by atoms with Crippen molar-refractivity contribution in [2.24, 2.45) is 0 Å². The molecule has 0 bridgehead atoms.